The van der Waals surface area contributed by atoms with Crippen LogP contribution in [0.25, 0.3) is 0 Å². The molecule has 0 N–H and O–H groups in total. The van der Waals surface area contributed by atoms with Gasteiger partial charge in [-0.2, -0.15) is 0 Å². The number of piperazine rings is 1. The van der Waals surface area contributed by atoms with Crippen molar-refractivity contribution in [1.82, 2.24) is 9.80 Å². The van der Waals surface area contributed by atoms with Crippen molar-refractivity contribution in [3.63, 3.8) is 0 Å². The first kappa shape index (κ1) is 16.6. The minimum absolute atomic E-state index is 0.0594. The highest BCUT2D eigenvalue weighted by Crippen LogP contribution is 2.31. The summed E-state index contributed by atoms with van der Waals surface area (Å²) >= 11 is 12.0. The summed E-state index contributed by atoms with van der Waals surface area (Å²) in [7, 11) is 2.05. The Bertz CT molecular complexity index is 610. The van der Waals surface area contributed by atoms with Crippen molar-refractivity contribution in [1.29, 1.82) is 0 Å². The second-order valence-corrected chi connectivity index (χ2v) is 7.03. The van der Waals surface area contributed by atoms with Gasteiger partial charge in [0.25, 0.3) is 0 Å². The molecule has 5 nitrogen and oxygen atoms in total. The van der Waals surface area contributed by atoms with Gasteiger partial charge in [-0.15, -0.1) is 0 Å². The second kappa shape index (κ2) is 6.67. The maximum atomic E-state index is 12.6. The molecule has 2 fully saturated rings. The highest BCUT2D eigenvalue weighted by atomic mass is 35.5. The largest absolute Gasteiger partial charge is 0.340 e. The number of anilines is 1. The van der Waals surface area contributed by atoms with Gasteiger partial charge in [0.05, 0.1) is 5.92 Å². The molecule has 2 aliphatic rings. The molecule has 23 heavy (non-hydrogen) atoms. The van der Waals surface area contributed by atoms with Crippen LogP contribution in [0.4, 0.5) is 5.69 Å². The zero-order valence-electron chi connectivity index (χ0n) is 13.0. The van der Waals surface area contributed by atoms with Crippen LogP contribution < -0.4 is 4.90 Å². The van der Waals surface area contributed by atoms with E-state index in [1.165, 1.54) is 0 Å². The molecule has 0 aromatic heterocycles. The first-order valence-corrected chi connectivity index (χ1v) is 8.43. The van der Waals surface area contributed by atoms with Gasteiger partial charge in [-0.05, 0) is 25.2 Å². The van der Waals surface area contributed by atoms with Crippen molar-refractivity contribution in [3.05, 3.63) is 28.2 Å². The Morgan fingerprint density at radius 3 is 2.30 bits per heavy atom. The van der Waals surface area contributed by atoms with Crippen molar-refractivity contribution in [3.8, 4) is 0 Å². The van der Waals surface area contributed by atoms with E-state index in [0.29, 0.717) is 22.3 Å². The minimum Gasteiger partial charge on any atom is -0.340 e. The van der Waals surface area contributed by atoms with Crippen molar-refractivity contribution in [2.45, 2.75) is 6.42 Å². The normalized spacial score (nSPS) is 22.7. The molecule has 2 saturated heterocycles. The smallest absolute Gasteiger partial charge is 0.228 e. The lowest BCUT2D eigenvalue weighted by Gasteiger charge is -2.33. The molecule has 124 valence electrons. The molecule has 0 bridgehead atoms. The van der Waals surface area contributed by atoms with Gasteiger partial charge >= 0.3 is 0 Å². The van der Waals surface area contributed by atoms with E-state index in [0.717, 1.165) is 26.2 Å². The van der Waals surface area contributed by atoms with Crippen molar-refractivity contribution in [2.24, 2.45) is 5.92 Å². The van der Waals surface area contributed by atoms with Crippen LogP contribution in [0.1, 0.15) is 6.42 Å². The number of hydrogen-bond donors (Lipinski definition) is 0. The fraction of sp³-hybridized carbons (Fsp3) is 0.500. The lowest BCUT2D eigenvalue weighted by molar-refractivity contribution is -0.137. The summed E-state index contributed by atoms with van der Waals surface area (Å²) < 4.78 is 0. The zero-order chi connectivity index (χ0) is 16.6. The maximum Gasteiger partial charge on any atom is 0.228 e. The molecular weight excluding hydrogens is 337 g/mol. The molecule has 1 unspecified atom stereocenters. The number of halogens is 2. The molecule has 1 aromatic carbocycles. The number of carbonyl (C=O) groups excluding carboxylic acids is 2. The van der Waals surface area contributed by atoms with Crippen LogP contribution in [0.2, 0.25) is 10.0 Å². The predicted molar refractivity (Wildman–Crippen MR) is 91.0 cm³/mol. The Morgan fingerprint density at radius 1 is 1.09 bits per heavy atom. The van der Waals surface area contributed by atoms with E-state index in [1.54, 1.807) is 23.1 Å². The molecule has 7 heteroatoms. The third-order valence-corrected chi connectivity index (χ3v) is 4.88. The highest BCUT2D eigenvalue weighted by Gasteiger charge is 2.37. The van der Waals surface area contributed by atoms with Crippen LogP contribution in [0.15, 0.2) is 18.2 Å². The van der Waals surface area contributed by atoms with Crippen LogP contribution in [0, 0.1) is 5.92 Å². The number of amides is 2. The molecule has 3 rings (SSSR count). The first-order valence-electron chi connectivity index (χ1n) is 7.68. The number of nitrogens with zero attached hydrogens (tertiary/aromatic N) is 3. The molecule has 2 heterocycles. The van der Waals surface area contributed by atoms with E-state index in [-0.39, 0.29) is 24.2 Å². The third kappa shape index (κ3) is 3.62. The Kier molecular flexibility index (Phi) is 4.80. The zero-order valence-corrected chi connectivity index (χ0v) is 14.5. The van der Waals surface area contributed by atoms with E-state index in [9.17, 15) is 9.59 Å². The summed E-state index contributed by atoms with van der Waals surface area (Å²) in [4.78, 5) is 30.6. The molecule has 2 amide bonds. The molecule has 2 aliphatic heterocycles. The Hall–Kier alpha value is -1.30. The van der Waals surface area contributed by atoms with Crippen LogP contribution >= 0.6 is 23.2 Å². The van der Waals surface area contributed by atoms with Crippen LogP contribution in [-0.4, -0.2) is 61.4 Å². The second-order valence-electron chi connectivity index (χ2n) is 6.16. The van der Waals surface area contributed by atoms with Gasteiger partial charge in [0, 0.05) is 54.9 Å². The topological polar surface area (TPSA) is 43.9 Å². The highest BCUT2D eigenvalue weighted by molar-refractivity contribution is 6.35. The van der Waals surface area contributed by atoms with Crippen LogP contribution in [-0.2, 0) is 9.59 Å². The SMILES string of the molecule is CN1CCN(C(=O)C2CC(=O)N(c3cc(Cl)cc(Cl)c3)C2)CC1. The fourth-order valence-corrected chi connectivity index (χ4v) is 3.62. The van der Waals surface area contributed by atoms with Gasteiger partial charge in [-0.25, -0.2) is 0 Å². The number of rotatable bonds is 2. The molecule has 0 saturated carbocycles. The monoisotopic (exact) mass is 355 g/mol. The lowest BCUT2D eigenvalue weighted by Crippen LogP contribution is -2.49. The summed E-state index contributed by atoms with van der Waals surface area (Å²) in [6.45, 7) is 3.59. The average molecular weight is 356 g/mol. The lowest BCUT2D eigenvalue weighted by atomic mass is 10.1. The standard InChI is InChI=1S/C16H19Cl2N3O2/c1-19-2-4-20(5-3-19)16(23)11-6-15(22)21(10-11)14-8-12(17)7-13(18)9-14/h7-9,11H,2-6,10H2,1H3. The Balaban J connectivity index is 1.70. The average Bonchev–Trinajstić information content (AvgIpc) is 2.88. The molecule has 1 aromatic rings. The minimum atomic E-state index is -0.288. The van der Waals surface area contributed by atoms with E-state index < -0.39 is 0 Å². The molecule has 0 radical (unpaired) electrons. The van der Waals surface area contributed by atoms with E-state index in [1.807, 2.05) is 11.9 Å². The summed E-state index contributed by atoms with van der Waals surface area (Å²) in [5.74, 6) is -0.276. The van der Waals surface area contributed by atoms with Crippen molar-refractivity contribution >= 4 is 40.7 Å². The fourth-order valence-electron chi connectivity index (χ4n) is 3.10. The number of likely N-dealkylation sites (N-methyl/N-ethyl adjacent to an activating group) is 1. The predicted octanol–water partition coefficient (Wildman–Crippen LogP) is 2.12. The van der Waals surface area contributed by atoms with E-state index >= 15 is 0 Å². The number of hydrogen-bond acceptors (Lipinski definition) is 3. The third-order valence-electron chi connectivity index (χ3n) is 4.45. The molecule has 0 spiro atoms. The summed E-state index contributed by atoms with van der Waals surface area (Å²) in [5, 5.41) is 0.961. The Morgan fingerprint density at radius 2 is 1.70 bits per heavy atom. The number of carbonyl (C=O) groups is 2. The van der Waals surface area contributed by atoms with Gasteiger partial charge in [-0.1, -0.05) is 23.2 Å². The van der Waals surface area contributed by atoms with Gasteiger partial charge in [0.15, 0.2) is 0 Å². The van der Waals surface area contributed by atoms with Crippen molar-refractivity contribution < 1.29 is 9.59 Å². The quantitative estimate of drug-likeness (QED) is 0.816. The maximum absolute atomic E-state index is 12.6. The van der Waals surface area contributed by atoms with Gasteiger partial charge in [0.2, 0.25) is 11.8 Å². The van der Waals surface area contributed by atoms with Gasteiger partial charge in [0.1, 0.15) is 0 Å². The Labute approximate surface area is 145 Å². The molecular formula is C16H19Cl2N3O2. The van der Waals surface area contributed by atoms with E-state index in [2.05, 4.69) is 4.90 Å². The summed E-state index contributed by atoms with van der Waals surface area (Å²) in [5.41, 5.74) is 0.654. The van der Waals surface area contributed by atoms with Crippen LogP contribution in [0.3, 0.4) is 0 Å². The molecule has 0 aliphatic carbocycles. The van der Waals surface area contributed by atoms with Crippen LogP contribution in [0.5, 0.6) is 0 Å². The first-order chi connectivity index (χ1) is 10.9. The summed E-state index contributed by atoms with van der Waals surface area (Å²) in [6.07, 6.45) is 0.245. The summed E-state index contributed by atoms with van der Waals surface area (Å²) in [6, 6.07) is 5.03. The van der Waals surface area contributed by atoms with Crippen molar-refractivity contribution in [2.75, 3.05) is 44.7 Å². The van der Waals surface area contributed by atoms with Gasteiger partial charge in [-0.3, -0.25) is 9.59 Å². The van der Waals surface area contributed by atoms with Gasteiger partial charge < -0.3 is 14.7 Å². The number of benzene rings is 1. The van der Waals surface area contributed by atoms with E-state index in [4.69, 9.17) is 23.2 Å². The molecule has 1 atom stereocenters.